The fourth-order valence-corrected chi connectivity index (χ4v) is 2.64. The van der Waals surface area contributed by atoms with Crippen molar-refractivity contribution in [2.75, 3.05) is 0 Å². The van der Waals surface area contributed by atoms with Crippen LogP contribution in [-0.2, 0) is 0 Å². The van der Waals surface area contributed by atoms with E-state index in [1.165, 1.54) is 12.1 Å². The lowest BCUT2D eigenvalue weighted by molar-refractivity contribution is 0.103. The third-order valence-electron chi connectivity index (χ3n) is 3.53. The molecule has 0 saturated carbocycles. The van der Waals surface area contributed by atoms with Gasteiger partial charge >= 0.3 is 0 Å². The lowest BCUT2D eigenvalue weighted by atomic mass is 10.1. The number of halogens is 1. The van der Waals surface area contributed by atoms with Crippen molar-refractivity contribution in [3.63, 3.8) is 0 Å². The predicted molar refractivity (Wildman–Crippen MR) is 80.5 cm³/mol. The van der Waals surface area contributed by atoms with Crippen molar-refractivity contribution < 1.29 is 9.18 Å². The molecule has 0 atom stereocenters. The lowest BCUT2D eigenvalue weighted by Crippen LogP contribution is -1.97. The van der Waals surface area contributed by atoms with Gasteiger partial charge in [-0.15, -0.1) is 0 Å². The molecule has 0 fully saturated rings. The number of hydrogen-bond acceptors (Lipinski definition) is 2. The summed E-state index contributed by atoms with van der Waals surface area (Å²) in [5.41, 5.74) is 3.81. The molecule has 3 aromatic rings. The summed E-state index contributed by atoms with van der Waals surface area (Å²) in [5, 5.41) is 0. The Morgan fingerprint density at radius 2 is 1.90 bits per heavy atom. The van der Waals surface area contributed by atoms with Crippen LogP contribution >= 0.6 is 0 Å². The predicted octanol–water partition coefficient (Wildman–Crippen LogP) is 4.04. The Kier molecular flexibility index (Phi) is 3.09. The van der Waals surface area contributed by atoms with Crippen molar-refractivity contribution in [1.29, 1.82) is 0 Å². The van der Waals surface area contributed by atoms with Gasteiger partial charge in [0.1, 0.15) is 5.82 Å². The molecule has 21 heavy (non-hydrogen) atoms. The van der Waals surface area contributed by atoms with Gasteiger partial charge in [0.25, 0.3) is 0 Å². The number of aromatic nitrogens is 2. The van der Waals surface area contributed by atoms with Crippen LogP contribution in [0.15, 0.2) is 36.4 Å². The van der Waals surface area contributed by atoms with Crippen LogP contribution in [-0.4, -0.2) is 15.3 Å². The number of hydrogen-bond donors (Lipinski definition) is 0. The molecule has 1 aliphatic heterocycles. The summed E-state index contributed by atoms with van der Waals surface area (Å²) in [6.45, 7) is 5.96. The molecule has 0 unspecified atom stereocenters. The number of rotatable bonds is 0. The summed E-state index contributed by atoms with van der Waals surface area (Å²) in [6, 6.07) is 10.1. The van der Waals surface area contributed by atoms with Gasteiger partial charge in [-0.1, -0.05) is 26.0 Å². The second-order valence-corrected chi connectivity index (χ2v) is 4.70. The van der Waals surface area contributed by atoms with E-state index in [0.717, 1.165) is 16.6 Å². The largest absolute Gasteiger partial charge is 0.289 e. The van der Waals surface area contributed by atoms with E-state index >= 15 is 0 Å². The van der Waals surface area contributed by atoms with E-state index in [2.05, 4.69) is 4.98 Å². The number of para-hydroxylation sites is 1. The molecule has 4 heteroatoms. The summed E-state index contributed by atoms with van der Waals surface area (Å²) in [5.74, 6) is -0.256. The molecular weight excluding hydrogens is 267 g/mol. The van der Waals surface area contributed by atoms with Crippen LogP contribution in [0.3, 0.4) is 0 Å². The number of imidazole rings is 1. The molecule has 3 nitrogen and oxygen atoms in total. The summed E-state index contributed by atoms with van der Waals surface area (Å²) < 4.78 is 15.1. The second kappa shape index (κ2) is 4.81. The maximum absolute atomic E-state index is 13.3. The molecular formula is C17H15FN2O. The quantitative estimate of drug-likeness (QED) is 0.488. The Bertz CT molecular complexity index is 865. The van der Waals surface area contributed by atoms with Crippen molar-refractivity contribution in [2.24, 2.45) is 0 Å². The van der Waals surface area contributed by atoms with Gasteiger partial charge in [-0.2, -0.15) is 0 Å². The van der Waals surface area contributed by atoms with Gasteiger partial charge in [0.2, 0.25) is 5.78 Å². The fraction of sp³-hybridized carbons (Fsp3) is 0.176. The highest BCUT2D eigenvalue weighted by molar-refractivity contribution is 6.15. The molecule has 0 aliphatic carbocycles. The Balaban J connectivity index is 0.000000636. The first-order valence-corrected chi connectivity index (χ1v) is 6.99. The van der Waals surface area contributed by atoms with E-state index < -0.39 is 5.82 Å². The van der Waals surface area contributed by atoms with Crippen LogP contribution in [0.2, 0.25) is 0 Å². The highest BCUT2D eigenvalue weighted by Crippen LogP contribution is 2.33. The number of nitrogens with zero attached hydrogens (tertiary/aromatic N) is 2. The van der Waals surface area contributed by atoms with Gasteiger partial charge in [0.15, 0.2) is 5.82 Å². The SMILES string of the molecule is CC.Cc1cccc2c1nc1n2-c2ccc(F)cc2C1=O. The van der Waals surface area contributed by atoms with E-state index in [1.807, 2.05) is 39.0 Å². The number of carbonyl (C=O) groups is 1. The smallest absolute Gasteiger partial charge is 0.231 e. The first kappa shape index (κ1) is 13.5. The number of benzene rings is 2. The normalized spacial score (nSPS) is 11.9. The molecule has 0 spiro atoms. The summed E-state index contributed by atoms with van der Waals surface area (Å²) in [6.07, 6.45) is 0. The zero-order chi connectivity index (χ0) is 15.1. The first-order chi connectivity index (χ1) is 10.2. The minimum atomic E-state index is -0.404. The van der Waals surface area contributed by atoms with E-state index in [1.54, 1.807) is 10.6 Å². The molecule has 0 radical (unpaired) electrons. The topological polar surface area (TPSA) is 34.9 Å². The number of fused-ring (bicyclic) bond motifs is 5. The molecule has 4 rings (SSSR count). The molecule has 0 saturated heterocycles. The third-order valence-corrected chi connectivity index (χ3v) is 3.53. The van der Waals surface area contributed by atoms with Crippen molar-refractivity contribution >= 4 is 16.8 Å². The summed E-state index contributed by atoms with van der Waals surface area (Å²) in [7, 11) is 0. The van der Waals surface area contributed by atoms with Crippen molar-refractivity contribution in [2.45, 2.75) is 20.8 Å². The van der Waals surface area contributed by atoms with E-state index in [-0.39, 0.29) is 5.78 Å². The fourth-order valence-electron chi connectivity index (χ4n) is 2.64. The van der Waals surface area contributed by atoms with E-state index in [9.17, 15) is 9.18 Å². The Morgan fingerprint density at radius 1 is 1.14 bits per heavy atom. The van der Waals surface area contributed by atoms with Gasteiger partial charge in [0, 0.05) is 0 Å². The van der Waals surface area contributed by atoms with E-state index in [0.29, 0.717) is 17.1 Å². The number of carbonyl (C=O) groups excluding carboxylic acids is 1. The molecule has 0 amide bonds. The van der Waals surface area contributed by atoms with Crippen molar-refractivity contribution in [3.8, 4) is 5.69 Å². The van der Waals surface area contributed by atoms with Crippen LogP contribution in [0.1, 0.15) is 35.6 Å². The van der Waals surface area contributed by atoms with Gasteiger partial charge in [0.05, 0.1) is 22.3 Å². The van der Waals surface area contributed by atoms with Crippen LogP contribution < -0.4 is 0 Å². The maximum Gasteiger partial charge on any atom is 0.231 e. The van der Waals surface area contributed by atoms with Gasteiger partial charge in [-0.3, -0.25) is 9.36 Å². The van der Waals surface area contributed by atoms with Crippen LogP contribution in [0.25, 0.3) is 16.7 Å². The van der Waals surface area contributed by atoms with Crippen LogP contribution in [0.4, 0.5) is 4.39 Å². The average Bonchev–Trinajstić information content (AvgIpc) is 3.00. The van der Waals surface area contributed by atoms with Crippen molar-refractivity contribution in [1.82, 2.24) is 9.55 Å². The molecule has 0 bridgehead atoms. The van der Waals surface area contributed by atoms with Crippen molar-refractivity contribution in [3.05, 3.63) is 59.2 Å². The molecule has 106 valence electrons. The minimum absolute atomic E-state index is 0.217. The molecule has 1 aromatic heterocycles. The zero-order valence-corrected chi connectivity index (χ0v) is 12.1. The molecule has 2 aromatic carbocycles. The lowest BCUT2D eigenvalue weighted by Gasteiger charge is -2.03. The first-order valence-electron chi connectivity index (χ1n) is 6.99. The Labute approximate surface area is 122 Å². The van der Waals surface area contributed by atoms with Crippen LogP contribution in [0.5, 0.6) is 0 Å². The highest BCUT2D eigenvalue weighted by Gasteiger charge is 2.30. The van der Waals surface area contributed by atoms with E-state index in [4.69, 9.17) is 0 Å². The Morgan fingerprint density at radius 3 is 2.67 bits per heavy atom. The minimum Gasteiger partial charge on any atom is -0.289 e. The van der Waals surface area contributed by atoms with Gasteiger partial charge in [-0.25, -0.2) is 9.37 Å². The van der Waals surface area contributed by atoms with Crippen LogP contribution in [0, 0.1) is 12.7 Å². The molecule has 2 heterocycles. The summed E-state index contributed by atoms with van der Waals surface area (Å²) >= 11 is 0. The van der Waals surface area contributed by atoms with Gasteiger partial charge in [-0.05, 0) is 36.8 Å². The average molecular weight is 282 g/mol. The maximum atomic E-state index is 13.3. The highest BCUT2D eigenvalue weighted by atomic mass is 19.1. The molecule has 1 aliphatic rings. The molecule has 0 N–H and O–H groups in total. The zero-order valence-electron chi connectivity index (χ0n) is 12.1. The monoisotopic (exact) mass is 282 g/mol. The number of ketones is 1. The standard InChI is InChI=1S/C15H9FN2O.C2H6/c1-8-3-2-4-12-13(8)17-15-14(19)10-7-9(16)5-6-11(10)18(12)15;1-2/h2-7H,1H3;1-2H3. The second-order valence-electron chi connectivity index (χ2n) is 4.70. The number of aryl methyl sites for hydroxylation is 1. The van der Waals surface area contributed by atoms with Gasteiger partial charge < -0.3 is 0 Å². The third kappa shape index (κ3) is 1.79. The Hall–Kier alpha value is -2.49. The summed E-state index contributed by atoms with van der Waals surface area (Å²) in [4.78, 5) is 16.7.